The van der Waals surface area contributed by atoms with E-state index >= 15 is 0 Å². The van der Waals surface area contributed by atoms with Crippen molar-refractivity contribution in [2.45, 2.75) is 0 Å². The molecule has 13 aromatic carbocycles. The van der Waals surface area contributed by atoms with Gasteiger partial charge in [-0.25, -0.2) is 4.98 Å². The van der Waals surface area contributed by atoms with Gasteiger partial charge in [0.15, 0.2) is 11.6 Å². The molecular weight excluding hydrogens is 1070 g/mol. The van der Waals surface area contributed by atoms with E-state index in [1.165, 1.54) is 65.5 Å². The topological polar surface area (TPSA) is 58.4 Å². The first-order chi connectivity index (χ1) is 43.6. The molecule has 0 aliphatic heterocycles. The fraction of sp³-hybridized carbons (Fsp3) is 0. The third-order valence-electron chi connectivity index (χ3n) is 17.8. The van der Waals surface area contributed by atoms with Crippen LogP contribution in [-0.4, -0.2) is 33.2 Å². The average molecular weight is 1120 g/mol. The van der Waals surface area contributed by atoms with Crippen molar-refractivity contribution in [2.75, 3.05) is 0 Å². The van der Waals surface area contributed by atoms with Crippen LogP contribution in [0.1, 0.15) is 0 Å². The molecule has 0 aliphatic carbocycles. The Labute approximate surface area is 506 Å². The molecule has 410 valence electrons. The molecule has 7 nitrogen and oxygen atoms in total. The molecule has 5 heterocycles. The first-order valence-electron chi connectivity index (χ1n) is 29.9. The van der Waals surface area contributed by atoms with Crippen molar-refractivity contribution in [1.29, 1.82) is 0 Å². The first-order valence-corrected chi connectivity index (χ1v) is 29.9. The zero-order chi connectivity index (χ0) is 57.8. The summed E-state index contributed by atoms with van der Waals surface area (Å²) in [6, 6.07) is 111. The Bertz CT molecular complexity index is 5810. The van der Waals surface area contributed by atoms with Crippen LogP contribution in [0, 0.1) is 0 Å². The van der Waals surface area contributed by atoms with Crippen LogP contribution in [0.2, 0.25) is 0 Å². The van der Waals surface area contributed by atoms with Crippen LogP contribution in [0.3, 0.4) is 0 Å². The summed E-state index contributed by atoms with van der Waals surface area (Å²) in [7, 11) is 0. The normalized spacial score (nSPS) is 11.9. The second-order valence-corrected chi connectivity index (χ2v) is 22.8. The summed E-state index contributed by atoms with van der Waals surface area (Å²) in [4.78, 5) is 16.0. The number of hydrogen-bond donors (Lipinski definition) is 0. The van der Waals surface area contributed by atoms with E-state index in [9.17, 15) is 0 Å². The summed E-state index contributed by atoms with van der Waals surface area (Å²) >= 11 is 0. The summed E-state index contributed by atoms with van der Waals surface area (Å²) in [5.74, 6) is 1.74. The Kier molecular flexibility index (Phi) is 11.2. The van der Waals surface area contributed by atoms with Crippen molar-refractivity contribution in [1.82, 2.24) is 33.2 Å². The van der Waals surface area contributed by atoms with E-state index < -0.39 is 0 Å². The molecule has 0 radical (unpaired) electrons. The lowest BCUT2D eigenvalue weighted by atomic mass is 10.0. The minimum absolute atomic E-state index is 0.552. The molecular formula is C81H51N7. The van der Waals surface area contributed by atoms with Gasteiger partial charge in [-0.1, -0.05) is 194 Å². The summed E-state index contributed by atoms with van der Waals surface area (Å²) in [5.41, 5.74) is 21.1. The fourth-order valence-corrected chi connectivity index (χ4v) is 13.8. The van der Waals surface area contributed by atoms with Gasteiger partial charge in [-0.2, -0.15) is 9.97 Å². The van der Waals surface area contributed by atoms with Crippen molar-refractivity contribution in [2.24, 2.45) is 0 Å². The third-order valence-corrected chi connectivity index (χ3v) is 17.8. The molecule has 7 heteroatoms. The lowest BCUT2D eigenvalue weighted by molar-refractivity contribution is 0.953. The largest absolute Gasteiger partial charge is 0.309 e. The fourth-order valence-electron chi connectivity index (χ4n) is 13.8. The standard InChI is InChI=1S/C81H51N7/c1-4-20-52(21-5-1)79-82-80(84-81(83-79)88-74-37-17-13-33-66(74)70-51-58(41-45-78(70)88)56-39-43-76-68(49-56)64-31-11-15-35-72(64)86(76)61-27-8-3-9-28-61)59-24-18-22-53(46-59)54-23-19-29-62(47-54)87-73-36-16-12-32-65(73)69-50-57(40-44-77(69)87)55-38-42-75-67(48-55)63-30-10-14-34-71(63)85(75)60-25-6-2-7-26-60/h1-51H. The van der Waals surface area contributed by atoms with Crippen LogP contribution in [0.25, 0.3) is 166 Å². The number of rotatable bonds is 9. The second kappa shape index (κ2) is 19.8. The highest BCUT2D eigenvalue weighted by Gasteiger charge is 2.22. The molecule has 0 bridgehead atoms. The molecule has 0 fully saturated rings. The first kappa shape index (κ1) is 49.5. The SMILES string of the molecule is c1ccc(-c2nc(-c3cccc(-c4cccc(-n5c6ccccc6c6cc(-c7ccc8c(c7)c7ccccc7n8-c7ccccc7)ccc65)c4)c3)nc(-n3c4ccccc4c4cc(-c5ccc6c(c5)c5ccccc5n6-c5ccccc5)ccc43)n2)cc1. The monoisotopic (exact) mass is 1120 g/mol. The van der Waals surface area contributed by atoms with Gasteiger partial charge in [0.2, 0.25) is 5.95 Å². The molecule has 0 atom stereocenters. The quantitative estimate of drug-likeness (QED) is 0.145. The number of nitrogens with zero attached hydrogens (tertiary/aromatic N) is 7. The van der Waals surface area contributed by atoms with Gasteiger partial charge in [-0.3, -0.25) is 4.57 Å². The molecule has 0 saturated carbocycles. The van der Waals surface area contributed by atoms with E-state index in [4.69, 9.17) is 15.0 Å². The lowest BCUT2D eigenvalue weighted by Gasteiger charge is -2.13. The number of hydrogen-bond acceptors (Lipinski definition) is 3. The summed E-state index contributed by atoms with van der Waals surface area (Å²) < 4.78 is 9.34. The van der Waals surface area contributed by atoms with Gasteiger partial charge in [0.05, 0.1) is 44.1 Å². The number of aromatic nitrogens is 7. The average Bonchev–Trinajstić information content (AvgIpc) is 4.61. The predicted octanol–water partition coefficient (Wildman–Crippen LogP) is 20.6. The smallest absolute Gasteiger partial charge is 0.238 e. The molecule has 18 rings (SSSR count). The highest BCUT2D eigenvalue weighted by molar-refractivity contribution is 6.15. The Morgan fingerprint density at radius 3 is 0.920 bits per heavy atom. The van der Waals surface area contributed by atoms with Crippen molar-refractivity contribution in [3.8, 4) is 79.2 Å². The minimum atomic E-state index is 0.552. The molecule has 0 unspecified atom stereocenters. The van der Waals surface area contributed by atoms with Gasteiger partial charge >= 0.3 is 0 Å². The van der Waals surface area contributed by atoms with Crippen LogP contribution in [0.15, 0.2) is 309 Å². The zero-order valence-electron chi connectivity index (χ0n) is 47.6. The van der Waals surface area contributed by atoms with Crippen molar-refractivity contribution >= 4 is 87.2 Å². The maximum atomic E-state index is 5.41. The maximum absolute atomic E-state index is 5.41. The van der Waals surface area contributed by atoms with Crippen molar-refractivity contribution in [3.63, 3.8) is 0 Å². The van der Waals surface area contributed by atoms with Crippen molar-refractivity contribution in [3.05, 3.63) is 309 Å². The van der Waals surface area contributed by atoms with Crippen LogP contribution >= 0.6 is 0 Å². The number of benzene rings is 13. The summed E-state index contributed by atoms with van der Waals surface area (Å²) in [6.07, 6.45) is 0. The van der Waals surface area contributed by atoms with E-state index in [1.807, 2.05) is 18.2 Å². The Morgan fingerprint density at radius 2 is 0.466 bits per heavy atom. The molecule has 88 heavy (non-hydrogen) atoms. The van der Waals surface area contributed by atoms with Crippen LogP contribution in [0.5, 0.6) is 0 Å². The number of para-hydroxylation sites is 6. The molecule has 18 aromatic rings. The van der Waals surface area contributed by atoms with Crippen LogP contribution < -0.4 is 0 Å². The Morgan fingerprint density at radius 1 is 0.170 bits per heavy atom. The highest BCUT2D eigenvalue weighted by atomic mass is 15.2. The van der Waals surface area contributed by atoms with E-state index in [2.05, 4.69) is 309 Å². The van der Waals surface area contributed by atoms with Gasteiger partial charge < -0.3 is 13.7 Å². The summed E-state index contributed by atoms with van der Waals surface area (Å²) in [6.45, 7) is 0. The Hall–Kier alpha value is -11.9. The molecule has 0 saturated heterocycles. The zero-order valence-corrected chi connectivity index (χ0v) is 47.6. The summed E-state index contributed by atoms with van der Waals surface area (Å²) in [5, 5.41) is 9.58. The van der Waals surface area contributed by atoms with Gasteiger partial charge in [-0.15, -0.1) is 0 Å². The van der Waals surface area contributed by atoms with Crippen molar-refractivity contribution < 1.29 is 0 Å². The lowest BCUT2D eigenvalue weighted by Crippen LogP contribution is -2.06. The van der Waals surface area contributed by atoms with Crippen LogP contribution in [0.4, 0.5) is 0 Å². The highest BCUT2D eigenvalue weighted by Crippen LogP contribution is 2.42. The van der Waals surface area contributed by atoms with Gasteiger partial charge in [-0.05, 0) is 149 Å². The Balaban J connectivity index is 0.723. The van der Waals surface area contributed by atoms with E-state index in [1.54, 1.807) is 0 Å². The van der Waals surface area contributed by atoms with Gasteiger partial charge in [0.1, 0.15) is 0 Å². The maximum Gasteiger partial charge on any atom is 0.238 e. The van der Waals surface area contributed by atoms with E-state index in [0.717, 1.165) is 83.3 Å². The van der Waals surface area contributed by atoms with Crippen LogP contribution in [-0.2, 0) is 0 Å². The third kappa shape index (κ3) is 7.88. The van der Waals surface area contributed by atoms with Gasteiger partial charge in [0, 0.05) is 71.3 Å². The predicted molar refractivity (Wildman–Crippen MR) is 364 cm³/mol. The minimum Gasteiger partial charge on any atom is -0.309 e. The van der Waals surface area contributed by atoms with Gasteiger partial charge in [0.25, 0.3) is 0 Å². The molecule has 0 amide bonds. The van der Waals surface area contributed by atoms with E-state index in [0.29, 0.717) is 17.6 Å². The molecule has 0 N–H and O–H groups in total. The van der Waals surface area contributed by atoms with E-state index in [-0.39, 0.29) is 0 Å². The molecule has 0 spiro atoms. The molecule has 5 aromatic heterocycles. The molecule has 0 aliphatic rings. The number of fused-ring (bicyclic) bond motifs is 12. The second-order valence-electron chi connectivity index (χ2n) is 22.8.